The van der Waals surface area contributed by atoms with Gasteiger partial charge in [0.15, 0.2) is 0 Å². The molecule has 10 nitrogen and oxygen atoms in total. The fourth-order valence-electron chi connectivity index (χ4n) is 0.394. The molecule has 0 radical (unpaired) electrons. The molecule has 1 aliphatic heterocycles. The number of carboxylic acid groups (broad SMARTS) is 4. The quantitative estimate of drug-likeness (QED) is 0.377. The average Bonchev–Trinajstić information content (AvgIpc) is 1.95. The summed E-state index contributed by atoms with van der Waals surface area (Å²) in [7, 11) is 0. The Bertz CT molecular complexity index is 246. The van der Waals surface area contributed by atoms with Gasteiger partial charge in [-0.2, -0.15) is 0 Å². The summed E-state index contributed by atoms with van der Waals surface area (Å²) in [5.41, 5.74) is 0. The molecular formula is C8H12O10. The first-order valence-corrected chi connectivity index (χ1v) is 4.53. The topological polar surface area (TPSA) is 168 Å². The monoisotopic (exact) mass is 268 g/mol. The lowest BCUT2D eigenvalue weighted by Crippen LogP contribution is -2.27. The Hall–Kier alpha value is -2.52. The first-order chi connectivity index (χ1) is 8.25. The summed E-state index contributed by atoms with van der Waals surface area (Å²) in [4.78, 5) is 36.0. The maximum absolute atomic E-state index is 9.44. The summed E-state index contributed by atoms with van der Waals surface area (Å²) in [6.07, 6.45) is 0.500. The fraction of sp³-hybridized carbons (Fsp3) is 0.500. The van der Waals surface area contributed by atoms with Gasteiger partial charge in [0.25, 0.3) is 0 Å². The van der Waals surface area contributed by atoms with Gasteiger partial charge in [0.2, 0.25) is 0 Å². The summed E-state index contributed by atoms with van der Waals surface area (Å²) in [6, 6.07) is 0. The van der Waals surface area contributed by atoms with E-state index in [1.807, 2.05) is 0 Å². The van der Waals surface area contributed by atoms with Crippen LogP contribution >= 0.6 is 0 Å². The molecule has 0 spiro atoms. The van der Waals surface area contributed by atoms with Crippen molar-refractivity contribution in [2.75, 3.05) is 0 Å². The smallest absolute Gasteiger partial charge is 0.450 e. The van der Waals surface area contributed by atoms with Crippen molar-refractivity contribution in [1.29, 1.82) is 0 Å². The van der Waals surface area contributed by atoms with E-state index in [0.717, 1.165) is 0 Å². The van der Waals surface area contributed by atoms with E-state index < -0.39 is 24.6 Å². The summed E-state index contributed by atoms with van der Waals surface area (Å²) in [5.74, 6) is 0. The first kappa shape index (κ1) is 17.9. The predicted octanol–water partition coefficient (Wildman–Crippen LogP) is 2.28. The van der Waals surface area contributed by atoms with Gasteiger partial charge in [-0.15, -0.1) is 0 Å². The van der Waals surface area contributed by atoms with Crippen LogP contribution < -0.4 is 0 Å². The molecule has 1 heterocycles. The van der Waals surface area contributed by atoms with Crippen LogP contribution in [0.4, 0.5) is 19.2 Å². The van der Waals surface area contributed by atoms with Crippen LogP contribution in [-0.4, -0.2) is 45.0 Å². The summed E-state index contributed by atoms with van der Waals surface area (Å²) >= 11 is 0. The third kappa shape index (κ3) is 23.4. The van der Waals surface area contributed by atoms with Crippen LogP contribution in [0.5, 0.6) is 0 Å². The van der Waals surface area contributed by atoms with Crippen molar-refractivity contribution in [3.05, 3.63) is 0 Å². The highest BCUT2D eigenvalue weighted by Gasteiger charge is 2.27. The molecule has 0 aromatic rings. The molecule has 0 aromatic heterocycles. The summed E-state index contributed by atoms with van der Waals surface area (Å²) in [5, 5.41) is 27.9. The molecule has 4 N–H and O–H groups in total. The number of rotatable bonds is 0. The summed E-state index contributed by atoms with van der Waals surface area (Å²) < 4.78 is 7.28. The van der Waals surface area contributed by atoms with Crippen LogP contribution in [0.25, 0.3) is 0 Å². The van der Waals surface area contributed by atoms with Crippen LogP contribution in [-0.2, 0) is 9.47 Å². The number of ether oxygens (including phenoxy) is 2. The normalized spacial score (nSPS) is 14.0. The Balaban J connectivity index is 0. The molecular weight excluding hydrogens is 256 g/mol. The lowest BCUT2D eigenvalue weighted by Gasteiger charge is -2.05. The van der Waals surface area contributed by atoms with E-state index in [2.05, 4.69) is 9.47 Å². The largest absolute Gasteiger partial charge is 0.528 e. The Labute approximate surface area is 100 Å². The molecule has 1 aliphatic carbocycles. The second-order valence-corrected chi connectivity index (χ2v) is 2.68. The van der Waals surface area contributed by atoms with Crippen molar-refractivity contribution in [1.82, 2.24) is 0 Å². The number of carbonyl (C=O) groups is 4. The van der Waals surface area contributed by atoms with Gasteiger partial charge < -0.3 is 29.9 Å². The molecule has 18 heavy (non-hydrogen) atoms. The third-order valence-corrected chi connectivity index (χ3v) is 1.33. The minimum absolute atomic E-state index is 0.917. The van der Waals surface area contributed by atoms with Gasteiger partial charge in [-0.3, -0.25) is 0 Å². The van der Waals surface area contributed by atoms with Crippen molar-refractivity contribution in [3.8, 4) is 0 Å². The van der Waals surface area contributed by atoms with E-state index in [4.69, 9.17) is 30.0 Å². The zero-order valence-electron chi connectivity index (χ0n) is 9.07. The molecule has 0 amide bonds. The Morgan fingerprint density at radius 3 is 0.889 bits per heavy atom. The third-order valence-electron chi connectivity index (χ3n) is 1.33. The number of cyclic esters (lactones) is 4. The van der Waals surface area contributed by atoms with Crippen LogP contribution in [0.2, 0.25) is 0 Å². The number of carbonyl (C=O) groups excluding carboxylic acids is 2. The average molecular weight is 268 g/mol. The van der Waals surface area contributed by atoms with E-state index in [1.54, 1.807) is 0 Å². The van der Waals surface area contributed by atoms with E-state index in [0.29, 0.717) is 0 Å². The first-order valence-electron chi connectivity index (χ1n) is 4.53. The molecule has 0 unspecified atom stereocenters. The van der Waals surface area contributed by atoms with Crippen molar-refractivity contribution in [3.63, 3.8) is 0 Å². The minimum Gasteiger partial charge on any atom is -0.450 e. The van der Waals surface area contributed by atoms with Crippen molar-refractivity contribution < 1.29 is 49.1 Å². The molecule has 1 saturated heterocycles. The van der Waals surface area contributed by atoms with Gasteiger partial charge in [-0.05, 0) is 0 Å². The molecule has 2 rings (SSSR count). The van der Waals surface area contributed by atoms with Gasteiger partial charge in [-0.1, -0.05) is 25.7 Å². The summed E-state index contributed by atoms with van der Waals surface area (Å²) in [6.45, 7) is 0. The van der Waals surface area contributed by atoms with Crippen molar-refractivity contribution >= 4 is 24.6 Å². The standard InChI is InChI=1S/C4H8.C2O4.2CH2O3/c1-2-4-3-1;3-1-5-2(4)6-1;2*2-1(3)4/h1-4H2;;2*(H2,2,3,4). The molecule has 1 saturated carbocycles. The molecule has 0 bridgehead atoms. The molecule has 2 fully saturated rings. The van der Waals surface area contributed by atoms with Gasteiger partial charge in [0.1, 0.15) is 0 Å². The highest BCUT2D eigenvalue weighted by Crippen LogP contribution is 2.15. The molecule has 0 atom stereocenters. The van der Waals surface area contributed by atoms with Gasteiger partial charge in [-0.25, -0.2) is 19.2 Å². The number of hydrogen-bond donors (Lipinski definition) is 4. The highest BCUT2D eigenvalue weighted by molar-refractivity contribution is 5.93. The zero-order chi connectivity index (χ0) is 14.6. The SMILES string of the molecule is C1CCC1.O=C(O)O.O=C(O)O.O=C1OC(=O)O1. The van der Waals surface area contributed by atoms with E-state index in [1.165, 1.54) is 25.7 Å². The molecule has 10 heteroatoms. The van der Waals surface area contributed by atoms with Crippen molar-refractivity contribution in [2.45, 2.75) is 25.7 Å². The lowest BCUT2D eigenvalue weighted by atomic mass is 10.0. The zero-order valence-corrected chi connectivity index (χ0v) is 9.07. The van der Waals surface area contributed by atoms with E-state index in [9.17, 15) is 9.59 Å². The number of hydrogen-bond acceptors (Lipinski definition) is 6. The van der Waals surface area contributed by atoms with E-state index in [-0.39, 0.29) is 0 Å². The Kier molecular flexibility index (Phi) is 10.9. The molecule has 0 aromatic carbocycles. The van der Waals surface area contributed by atoms with Crippen LogP contribution in [0.1, 0.15) is 25.7 Å². The van der Waals surface area contributed by atoms with Crippen LogP contribution in [0.15, 0.2) is 0 Å². The van der Waals surface area contributed by atoms with E-state index >= 15 is 0 Å². The fourth-order valence-corrected chi connectivity index (χ4v) is 0.394. The second kappa shape index (κ2) is 11.0. The van der Waals surface area contributed by atoms with Crippen LogP contribution in [0, 0.1) is 0 Å². The van der Waals surface area contributed by atoms with Gasteiger partial charge in [0, 0.05) is 0 Å². The molecule has 104 valence electrons. The highest BCUT2D eigenvalue weighted by atomic mass is 16.9. The molecule has 2 aliphatic rings. The van der Waals surface area contributed by atoms with Gasteiger partial charge in [0.05, 0.1) is 0 Å². The predicted molar refractivity (Wildman–Crippen MR) is 52.7 cm³/mol. The minimum atomic E-state index is -1.83. The van der Waals surface area contributed by atoms with Gasteiger partial charge >= 0.3 is 24.6 Å². The lowest BCUT2D eigenvalue weighted by molar-refractivity contribution is 0.00674. The van der Waals surface area contributed by atoms with Crippen molar-refractivity contribution in [2.24, 2.45) is 0 Å². The Morgan fingerprint density at radius 2 is 0.889 bits per heavy atom. The maximum Gasteiger partial charge on any atom is 0.528 e. The van der Waals surface area contributed by atoms with Crippen LogP contribution in [0.3, 0.4) is 0 Å². The Morgan fingerprint density at radius 1 is 0.722 bits per heavy atom. The maximum atomic E-state index is 9.44. The second-order valence-electron chi connectivity index (χ2n) is 2.68.